The molecule has 1 N–H and O–H groups in total. The molecule has 2 rings (SSSR count). The van der Waals surface area contributed by atoms with Crippen LogP contribution in [0.4, 0.5) is 0 Å². The molecule has 5 heteroatoms. The summed E-state index contributed by atoms with van der Waals surface area (Å²) in [5.74, 6) is 0.235. The summed E-state index contributed by atoms with van der Waals surface area (Å²) in [7, 11) is -2.91. The van der Waals surface area contributed by atoms with E-state index in [1.807, 2.05) is 0 Å². The maximum atomic E-state index is 11.6. The number of rotatable bonds is 5. The van der Waals surface area contributed by atoms with Gasteiger partial charge in [0, 0.05) is 12.6 Å². The van der Waals surface area contributed by atoms with Crippen LogP contribution in [0.1, 0.15) is 33.1 Å². The summed E-state index contributed by atoms with van der Waals surface area (Å²) < 4.78 is 28.9. The topological polar surface area (TPSA) is 55.4 Å². The quantitative estimate of drug-likeness (QED) is 0.778. The number of hydrogen-bond acceptors (Lipinski definition) is 4. The van der Waals surface area contributed by atoms with E-state index in [9.17, 15) is 8.42 Å². The molecular weight excluding hydrogens is 226 g/mol. The molecule has 0 saturated carbocycles. The number of nitrogens with one attached hydrogen (secondary N) is 1. The van der Waals surface area contributed by atoms with Crippen molar-refractivity contribution >= 4 is 9.84 Å². The van der Waals surface area contributed by atoms with Gasteiger partial charge < -0.3 is 10.1 Å². The van der Waals surface area contributed by atoms with Crippen molar-refractivity contribution in [3.63, 3.8) is 0 Å². The van der Waals surface area contributed by atoms with E-state index in [2.05, 4.69) is 5.32 Å². The Balaban J connectivity index is 1.73. The third-order valence-electron chi connectivity index (χ3n) is 3.62. The normalized spacial score (nSPS) is 33.8. The van der Waals surface area contributed by atoms with Gasteiger partial charge in [-0.3, -0.25) is 0 Å². The Labute approximate surface area is 97.7 Å². The van der Waals surface area contributed by atoms with Crippen LogP contribution < -0.4 is 5.32 Å². The van der Waals surface area contributed by atoms with Crippen molar-refractivity contribution in [3.8, 4) is 0 Å². The molecule has 0 aromatic carbocycles. The van der Waals surface area contributed by atoms with Crippen LogP contribution >= 0.6 is 0 Å². The van der Waals surface area contributed by atoms with E-state index in [0.717, 1.165) is 12.8 Å². The Morgan fingerprint density at radius 3 is 2.62 bits per heavy atom. The van der Waals surface area contributed by atoms with Gasteiger partial charge in [-0.1, -0.05) is 0 Å². The van der Waals surface area contributed by atoms with Crippen LogP contribution in [0.3, 0.4) is 0 Å². The van der Waals surface area contributed by atoms with E-state index >= 15 is 0 Å². The zero-order valence-corrected chi connectivity index (χ0v) is 10.8. The van der Waals surface area contributed by atoms with E-state index in [1.54, 1.807) is 13.8 Å². The van der Waals surface area contributed by atoms with Gasteiger partial charge in [0.2, 0.25) is 0 Å². The zero-order valence-electron chi connectivity index (χ0n) is 9.98. The van der Waals surface area contributed by atoms with Crippen molar-refractivity contribution in [2.24, 2.45) is 0 Å². The van der Waals surface area contributed by atoms with E-state index in [-0.39, 0.29) is 11.0 Å². The van der Waals surface area contributed by atoms with Crippen LogP contribution in [0.15, 0.2) is 0 Å². The monoisotopic (exact) mass is 247 g/mol. The summed E-state index contributed by atoms with van der Waals surface area (Å²) in [6.45, 7) is 4.02. The molecule has 16 heavy (non-hydrogen) atoms. The largest absolute Gasteiger partial charge is 0.373 e. The number of fused-ring (bicyclic) bond motifs is 2. The molecule has 4 nitrogen and oxygen atoms in total. The average Bonchev–Trinajstić information content (AvgIpc) is 2.78. The van der Waals surface area contributed by atoms with Crippen molar-refractivity contribution in [2.45, 2.75) is 56.6 Å². The second-order valence-electron chi connectivity index (χ2n) is 5.09. The molecule has 2 aliphatic heterocycles. The first-order valence-electron chi connectivity index (χ1n) is 6.09. The van der Waals surface area contributed by atoms with Crippen LogP contribution in [0.2, 0.25) is 0 Å². The lowest BCUT2D eigenvalue weighted by Crippen LogP contribution is -2.40. The van der Waals surface area contributed by atoms with Gasteiger partial charge in [-0.15, -0.1) is 0 Å². The van der Waals surface area contributed by atoms with Crippen molar-refractivity contribution < 1.29 is 13.2 Å². The molecule has 0 aliphatic carbocycles. The van der Waals surface area contributed by atoms with Gasteiger partial charge in [0.05, 0.1) is 23.2 Å². The van der Waals surface area contributed by atoms with Gasteiger partial charge in [-0.2, -0.15) is 0 Å². The highest BCUT2D eigenvalue weighted by Crippen LogP contribution is 2.34. The first-order chi connectivity index (χ1) is 7.49. The molecule has 0 aromatic rings. The lowest BCUT2D eigenvalue weighted by Gasteiger charge is -2.20. The minimum Gasteiger partial charge on any atom is -0.373 e. The smallest absolute Gasteiger partial charge is 0.153 e. The molecule has 0 amide bonds. The summed E-state index contributed by atoms with van der Waals surface area (Å²) in [4.78, 5) is 0. The van der Waals surface area contributed by atoms with Crippen molar-refractivity contribution in [3.05, 3.63) is 0 Å². The van der Waals surface area contributed by atoms with Crippen molar-refractivity contribution in [1.29, 1.82) is 0 Å². The first-order valence-corrected chi connectivity index (χ1v) is 7.81. The third-order valence-corrected chi connectivity index (χ3v) is 5.83. The molecule has 3 unspecified atom stereocenters. The highest BCUT2D eigenvalue weighted by atomic mass is 32.2. The molecule has 2 saturated heterocycles. The standard InChI is InChI=1S/C11H21NO3S/c1-8(2)16(13,14)6-5-12-10-7-9-3-4-11(10)15-9/h8-12H,3-7H2,1-2H3. The highest BCUT2D eigenvalue weighted by Gasteiger charge is 2.40. The number of sulfone groups is 1. The summed E-state index contributed by atoms with van der Waals surface area (Å²) in [6, 6.07) is 0.376. The SMILES string of the molecule is CC(C)S(=O)(=O)CCNC1CC2CCC1O2. The molecule has 3 atom stereocenters. The van der Waals surface area contributed by atoms with Crippen molar-refractivity contribution in [2.75, 3.05) is 12.3 Å². The second kappa shape index (κ2) is 4.63. The minimum absolute atomic E-state index is 0.235. The summed E-state index contributed by atoms with van der Waals surface area (Å²) in [5, 5.41) is 3.05. The van der Waals surface area contributed by atoms with E-state index < -0.39 is 9.84 Å². The number of ether oxygens (including phenoxy) is 1. The molecule has 2 heterocycles. The van der Waals surface area contributed by atoms with Crippen LogP contribution in [-0.4, -0.2) is 44.2 Å². The summed E-state index contributed by atoms with van der Waals surface area (Å²) in [6.07, 6.45) is 4.09. The molecule has 94 valence electrons. The fraction of sp³-hybridized carbons (Fsp3) is 1.00. The van der Waals surface area contributed by atoms with Crippen LogP contribution in [0.5, 0.6) is 0 Å². The first kappa shape index (κ1) is 12.3. The predicted molar refractivity (Wildman–Crippen MR) is 63.2 cm³/mol. The Morgan fingerprint density at radius 1 is 1.38 bits per heavy atom. The van der Waals surface area contributed by atoms with Crippen LogP contribution in [0.25, 0.3) is 0 Å². The lowest BCUT2D eigenvalue weighted by molar-refractivity contribution is 0.0977. The van der Waals surface area contributed by atoms with Gasteiger partial charge >= 0.3 is 0 Å². The molecule has 0 spiro atoms. The number of hydrogen-bond donors (Lipinski definition) is 1. The Morgan fingerprint density at radius 2 is 2.12 bits per heavy atom. The molecule has 0 aromatic heterocycles. The second-order valence-corrected chi connectivity index (χ2v) is 7.76. The maximum Gasteiger partial charge on any atom is 0.153 e. The molecule has 2 aliphatic rings. The van der Waals surface area contributed by atoms with E-state index in [4.69, 9.17) is 4.74 Å². The van der Waals surface area contributed by atoms with E-state index in [0.29, 0.717) is 24.8 Å². The van der Waals surface area contributed by atoms with Crippen LogP contribution in [-0.2, 0) is 14.6 Å². The van der Waals surface area contributed by atoms with Crippen molar-refractivity contribution in [1.82, 2.24) is 5.32 Å². The zero-order chi connectivity index (χ0) is 11.8. The maximum absolute atomic E-state index is 11.6. The predicted octanol–water partition coefficient (Wildman–Crippen LogP) is 0.719. The van der Waals surface area contributed by atoms with Gasteiger partial charge in [-0.05, 0) is 33.1 Å². The van der Waals surface area contributed by atoms with Gasteiger partial charge in [-0.25, -0.2) is 8.42 Å². The summed E-state index contributed by atoms with van der Waals surface area (Å²) in [5.41, 5.74) is 0. The third kappa shape index (κ3) is 2.57. The molecule has 2 fully saturated rings. The van der Waals surface area contributed by atoms with Gasteiger partial charge in [0.25, 0.3) is 0 Å². The Bertz CT molecular complexity index is 339. The Hall–Kier alpha value is -0.130. The van der Waals surface area contributed by atoms with E-state index in [1.165, 1.54) is 6.42 Å². The highest BCUT2D eigenvalue weighted by molar-refractivity contribution is 7.92. The molecular formula is C11H21NO3S. The fourth-order valence-electron chi connectivity index (χ4n) is 2.47. The molecule has 0 radical (unpaired) electrons. The lowest BCUT2D eigenvalue weighted by atomic mass is 9.96. The minimum atomic E-state index is -2.91. The van der Waals surface area contributed by atoms with Gasteiger partial charge in [0.15, 0.2) is 9.84 Å². The molecule has 2 bridgehead atoms. The Kier molecular flexibility index (Phi) is 3.56. The average molecular weight is 247 g/mol. The fourth-order valence-corrected chi connectivity index (χ4v) is 3.35. The van der Waals surface area contributed by atoms with Crippen LogP contribution in [0, 0.1) is 0 Å². The summed E-state index contributed by atoms with van der Waals surface area (Å²) >= 11 is 0. The van der Waals surface area contributed by atoms with Gasteiger partial charge in [0.1, 0.15) is 0 Å².